The Morgan fingerprint density at radius 1 is 1.36 bits per heavy atom. The van der Waals surface area contributed by atoms with Gasteiger partial charge in [-0.1, -0.05) is 0 Å². The molecule has 0 bridgehead atoms. The number of aliphatic carboxylic acids is 1. The number of nitrogens with zero attached hydrogens (tertiary/aromatic N) is 1. The number of hydrogen-bond donors (Lipinski definition) is 5. The van der Waals surface area contributed by atoms with Gasteiger partial charge < -0.3 is 16.2 Å². The van der Waals surface area contributed by atoms with Crippen molar-refractivity contribution < 1.29 is 19.5 Å². The van der Waals surface area contributed by atoms with E-state index >= 15 is 0 Å². The number of carbonyl (C=O) groups excluding carboxylic acids is 1. The number of hydrogen-bond acceptors (Lipinski definition) is 7. The molecule has 140 valence electrons. The summed E-state index contributed by atoms with van der Waals surface area (Å²) in [6.07, 6.45) is 3.14. The molecule has 25 heavy (non-hydrogen) atoms. The number of nitrogens with one attached hydrogen (secondary N) is 3. The van der Waals surface area contributed by atoms with Crippen molar-refractivity contribution in [1.82, 2.24) is 15.9 Å². The minimum atomic E-state index is -1.09. The number of rotatable bonds is 10. The fourth-order valence-corrected chi connectivity index (χ4v) is 1.90. The molecule has 1 atom stereocenters. The van der Waals surface area contributed by atoms with Crippen LogP contribution in [0.15, 0.2) is 18.3 Å². The number of carboxylic acids is 1. The molecule has 1 aromatic heterocycles. The molecule has 9 heteroatoms. The summed E-state index contributed by atoms with van der Waals surface area (Å²) in [5, 5.41) is 11.8. The lowest BCUT2D eigenvalue weighted by atomic mass is 10.1. The average molecular weight is 353 g/mol. The van der Waals surface area contributed by atoms with Crippen LogP contribution < -0.4 is 22.1 Å². The van der Waals surface area contributed by atoms with E-state index in [1.54, 1.807) is 12.1 Å². The van der Waals surface area contributed by atoms with Crippen LogP contribution in [0.3, 0.4) is 0 Å². The zero-order chi connectivity index (χ0) is 18.9. The highest BCUT2D eigenvalue weighted by atomic mass is 16.7. The van der Waals surface area contributed by atoms with Crippen LogP contribution in [0.4, 0.5) is 5.82 Å². The SMILES string of the molecule is CC(C)(C)ONNc1ncccc1C(=O)NC(CCCCN)C(=O)O. The third kappa shape index (κ3) is 7.92. The molecule has 1 unspecified atom stereocenters. The van der Waals surface area contributed by atoms with Crippen LogP contribution in [0.25, 0.3) is 0 Å². The highest BCUT2D eigenvalue weighted by Crippen LogP contribution is 2.12. The van der Waals surface area contributed by atoms with Gasteiger partial charge in [0.2, 0.25) is 0 Å². The molecule has 9 nitrogen and oxygen atoms in total. The largest absolute Gasteiger partial charge is 0.480 e. The Morgan fingerprint density at radius 3 is 2.68 bits per heavy atom. The Kier molecular flexibility index (Phi) is 8.26. The second kappa shape index (κ2) is 9.92. The van der Waals surface area contributed by atoms with Crippen LogP contribution in [0.5, 0.6) is 0 Å². The van der Waals surface area contributed by atoms with Gasteiger partial charge in [0.05, 0.1) is 11.2 Å². The number of hydrazine groups is 1. The summed E-state index contributed by atoms with van der Waals surface area (Å²) >= 11 is 0. The van der Waals surface area contributed by atoms with Gasteiger partial charge in [0.1, 0.15) is 6.04 Å². The van der Waals surface area contributed by atoms with Gasteiger partial charge in [0.15, 0.2) is 5.82 Å². The number of anilines is 1. The van der Waals surface area contributed by atoms with Crippen LogP contribution >= 0.6 is 0 Å². The average Bonchev–Trinajstić information content (AvgIpc) is 2.53. The molecular formula is C16H27N5O4. The third-order valence-electron chi connectivity index (χ3n) is 3.13. The Morgan fingerprint density at radius 2 is 2.08 bits per heavy atom. The van der Waals surface area contributed by atoms with Gasteiger partial charge in [0, 0.05) is 6.20 Å². The van der Waals surface area contributed by atoms with E-state index in [0.717, 1.165) is 0 Å². The van der Waals surface area contributed by atoms with E-state index in [1.165, 1.54) is 6.20 Å². The minimum absolute atomic E-state index is 0.206. The molecular weight excluding hydrogens is 326 g/mol. The first-order valence-electron chi connectivity index (χ1n) is 8.12. The second-order valence-electron chi connectivity index (χ2n) is 6.49. The molecule has 1 heterocycles. The summed E-state index contributed by atoms with van der Waals surface area (Å²) in [5.41, 5.74) is 10.4. The van der Waals surface area contributed by atoms with Gasteiger partial charge in [-0.05, 0) is 58.7 Å². The Labute approximate surface area is 147 Å². The summed E-state index contributed by atoms with van der Waals surface area (Å²) in [6.45, 7) is 6.04. The van der Waals surface area contributed by atoms with E-state index in [0.29, 0.717) is 25.8 Å². The predicted molar refractivity (Wildman–Crippen MR) is 93.6 cm³/mol. The van der Waals surface area contributed by atoms with Gasteiger partial charge in [-0.3, -0.25) is 15.1 Å². The summed E-state index contributed by atoms with van der Waals surface area (Å²) in [7, 11) is 0. The van der Waals surface area contributed by atoms with Crippen molar-refractivity contribution in [3.05, 3.63) is 23.9 Å². The highest BCUT2D eigenvalue weighted by molar-refractivity contribution is 6.00. The van der Waals surface area contributed by atoms with Crippen LogP contribution in [0.1, 0.15) is 50.4 Å². The molecule has 0 aliphatic rings. The second-order valence-corrected chi connectivity index (χ2v) is 6.49. The normalized spacial score (nSPS) is 12.5. The van der Waals surface area contributed by atoms with Gasteiger partial charge in [-0.25, -0.2) is 9.78 Å². The number of unbranched alkanes of at least 4 members (excludes halogenated alkanes) is 1. The molecule has 0 saturated carbocycles. The van der Waals surface area contributed by atoms with Crippen molar-refractivity contribution in [2.24, 2.45) is 5.73 Å². The Balaban J connectivity index is 2.74. The zero-order valence-corrected chi connectivity index (χ0v) is 14.8. The Bertz CT molecular complexity index is 574. The van der Waals surface area contributed by atoms with Gasteiger partial charge in [-0.2, -0.15) is 0 Å². The van der Waals surface area contributed by atoms with E-state index in [-0.39, 0.29) is 11.4 Å². The smallest absolute Gasteiger partial charge is 0.326 e. The van der Waals surface area contributed by atoms with Crippen LogP contribution in [0, 0.1) is 0 Å². The number of carbonyl (C=O) groups is 2. The van der Waals surface area contributed by atoms with Gasteiger partial charge >= 0.3 is 5.97 Å². The number of amides is 1. The summed E-state index contributed by atoms with van der Waals surface area (Å²) in [5.74, 6) is -1.39. The lowest BCUT2D eigenvalue weighted by Crippen LogP contribution is -2.41. The molecule has 0 spiro atoms. The predicted octanol–water partition coefficient (Wildman–Crippen LogP) is 1.04. The first kappa shape index (κ1) is 20.8. The summed E-state index contributed by atoms with van der Waals surface area (Å²) in [4.78, 5) is 33.1. The lowest BCUT2D eigenvalue weighted by Gasteiger charge is -2.20. The van der Waals surface area contributed by atoms with E-state index < -0.39 is 23.5 Å². The van der Waals surface area contributed by atoms with E-state index in [9.17, 15) is 14.7 Å². The van der Waals surface area contributed by atoms with E-state index in [4.69, 9.17) is 10.6 Å². The molecule has 0 aliphatic carbocycles. The van der Waals surface area contributed by atoms with Crippen molar-refractivity contribution in [3.8, 4) is 0 Å². The van der Waals surface area contributed by atoms with Crippen molar-refractivity contribution >= 4 is 17.7 Å². The molecule has 1 rings (SSSR count). The Hall–Kier alpha value is -2.23. The van der Waals surface area contributed by atoms with E-state index in [2.05, 4.69) is 21.3 Å². The molecule has 0 saturated heterocycles. The molecule has 6 N–H and O–H groups in total. The molecule has 0 radical (unpaired) electrons. The zero-order valence-electron chi connectivity index (χ0n) is 14.8. The standard InChI is InChI=1S/C16H27N5O4/c1-16(2,3)25-21-20-13-11(7-6-10-18-13)14(22)19-12(15(23)24)8-4-5-9-17/h6-7,10,12,21H,4-5,8-9,17H2,1-3H3,(H,18,20)(H,19,22)(H,23,24). The third-order valence-corrected chi connectivity index (χ3v) is 3.13. The van der Waals surface area contributed by atoms with Crippen molar-refractivity contribution in [3.63, 3.8) is 0 Å². The van der Waals surface area contributed by atoms with Crippen LogP contribution in [0.2, 0.25) is 0 Å². The summed E-state index contributed by atoms with van der Waals surface area (Å²) in [6, 6.07) is 2.16. The van der Waals surface area contributed by atoms with Crippen LogP contribution in [-0.2, 0) is 9.63 Å². The maximum Gasteiger partial charge on any atom is 0.326 e. The maximum absolute atomic E-state index is 12.4. The molecule has 0 aromatic carbocycles. The number of nitrogens with two attached hydrogens (primary N) is 1. The molecule has 1 aromatic rings. The quantitative estimate of drug-likeness (QED) is 0.311. The fraction of sp³-hybridized carbons (Fsp3) is 0.562. The first-order chi connectivity index (χ1) is 11.7. The monoisotopic (exact) mass is 353 g/mol. The number of carboxylic acid groups (broad SMARTS) is 1. The number of pyridine rings is 1. The first-order valence-corrected chi connectivity index (χ1v) is 8.12. The van der Waals surface area contributed by atoms with Crippen LogP contribution in [-0.4, -0.2) is 40.2 Å². The topological polar surface area (TPSA) is 139 Å². The molecule has 0 fully saturated rings. The molecule has 0 aliphatic heterocycles. The summed E-state index contributed by atoms with van der Waals surface area (Å²) < 4.78 is 0. The number of aromatic nitrogens is 1. The van der Waals surface area contributed by atoms with Gasteiger partial charge in [0.25, 0.3) is 5.91 Å². The maximum atomic E-state index is 12.4. The van der Waals surface area contributed by atoms with Crippen molar-refractivity contribution in [2.45, 2.75) is 51.7 Å². The van der Waals surface area contributed by atoms with Crippen molar-refractivity contribution in [1.29, 1.82) is 0 Å². The lowest BCUT2D eigenvalue weighted by molar-refractivity contribution is -0.139. The van der Waals surface area contributed by atoms with Gasteiger partial charge in [-0.15, -0.1) is 5.59 Å². The van der Waals surface area contributed by atoms with Crippen molar-refractivity contribution in [2.75, 3.05) is 12.0 Å². The van der Waals surface area contributed by atoms with E-state index in [1.807, 2.05) is 20.8 Å². The molecule has 1 amide bonds. The fourth-order valence-electron chi connectivity index (χ4n) is 1.90. The highest BCUT2D eigenvalue weighted by Gasteiger charge is 2.22. The minimum Gasteiger partial charge on any atom is -0.480 e.